The standard InChI is InChI=1S/C13H14OS.2C2H6/c1-3-8-12(9-4-2)15(14)13-10-6-5-7-11-13;2*1-2/h3-11H,1H2,2H3;2*1-2H3/b9-4-,12-8+;;. The Hall–Kier alpha value is -1.41. The van der Waals surface area contributed by atoms with Crippen LogP contribution in [-0.4, -0.2) is 4.21 Å². The summed E-state index contributed by atoms with van der Waals surface area (Å²) in [7, 11) is -1.12. The lowest BCUT2D eigenvalue weighted by atomic mass is 10.4. The third kappa shape index (κ3) is 8.33. The lowest BCUT2D eigenvalue weighted by Gasteiger charge is -2.01. The van der Waals surface area contributed by atoms with Crippen LogP contribution in [0.1, 0.15) is 34.6 Å². The molecule has 0 saturated carbocycles. The van der Waals surface area contributed by atoms with Crippen LogP contribution < -0.4 is 0 Å². The van der Waals surface area contributed by atoms with E-state index in [1.165, 1.54) is 0 Å². The van der Waals surface area contributed by atoms with Crippen LogP contribution in [0.15, 0.2) is 71.0 Å². The Morgan fingerprint density at radius 3 is 2.05 bits per heavy atom. The summed E-state index contributed by atoms with van der Waals surface area (Å²) < 4.78 is 12.1. The molecule has 1 unspecified atom stereocenters. The molecule has 1 nitrogen and oxygen atoms in total. The summed E-state index contributed by atoms with van der Waals surface area (Å²) in [6.07, 6.45) is 7.13. The van der Waals surface area contributed by atoms with Gasteiger partial charge in [0, 0.05) is 9.80 Å². The van der Waals surface area contributed by atoms with Gasteiger partial charge in [-0.25, -0.2) is 4.21 Å². The molecule has 0 aliphatic heterocycles. The van der Waals surface area contributed by atoms with Crippen molar-refractivity contribution in [1.29, 1.82) is 0 Å². The van der Waals surface area contributed by atoms with Crippen molar-refractivity contribution < 1.29 is 4.21 Å². The van der Waals surface area contributed by atoms with Crippen molar-refractivity contribution in [2.24, 2.45) is 0 Å². The third-order valence-electron chi connectivity index (χ3n) is 1.78. The average molecular weight is 278 g/mol. The zero-order chi connectivity index (χ0) is 15.1. The first-order valence-corrected chi connectivity index (χ1v) is 7.87. The first-order valence-electron chi connectivity index (χ1n) is 6.72. The van der Waals surface area contributed by atoms with Crippen LogP contribution in [0.5, 0.6) is 0 Å². The Morgan fingerprint density at radius 1 is 1.11 bits per heavy atom. The summed E-state index contributed by atoms with van der Waals surface area (Å²) in [5, 5.41) is 0. The van der Waals surface area contributed by atoms with Gasteiger partial charge in [-0.05, 0) is 31.2 Å². The van der Waals surface area contributed by atoms with Gasteiger partial charge in [0.1, 0.15) is 0 Å². The SMILES string of the molecule is C=C/C=C(\C=C/C)S(=O)c1ccccc1.CC.CC. The summed E-state index contributed by atoms with van der Waals surface area (Å²) in [4.78, 5) is 1.57. The minimum absolute atomic E-state index is 0.763. The van der Waals surface area contributed by atoms with Crippen molar-refractivity contribution in [2.75, 3.05) is 0 Å². The second-order valence-corrected chi connectivity index (χ2v) is 4.37. The topological polar surface area (TPSA) is 17.1 Å². The number of hydrogen-bond acceptors (Lipinski definition) is 1. The summed E-state index contributed by atoms with van der Waals surface area (Å²) in [5.74, 6) is 0. The minimum Gasteiger partial charge on any atom is -0.249 e. The van der Waals surface area contributed by atoms with Gasteiger partial charge < -0.3 is 0 Å². The molecule has 0 spiro atoms. The van der Waals surface area contributed by atoms with Gasteiger partial charge in [-0.3, -0.25) is 0 Å². The molecule has 1 atom stereocenters. The summed E-state index contributed by atoms with van der Waals surface area (Å²) >= 11 is 0. The summed E-state index contributed by atoms with van der Waals surface area (Å²) in [6.45, 7) is 13.5. The van der Waals surface area contributed by atoms with Crippen molar-refractivity contribution in [1.82, 2.24) is 0 Å². The fourth-order valence-electron chi connectivity index (χ4n) is 1.14. The third-order valence-corrected chi connectivity index (χ3v) is 3.19. The van der Waals surface area contributed by atoms with Gasteiger partial charge in [-0.15, -0.1) is 0 Å². The van der Waals surface area contributed by atoms with Gasteiger partial charge in [0.2, 0.25) is 0 Å². The minimum atomic E-state index is -1.12. The van der Waals surface area contributed by atoms with Crippen LogP contribution in [0.2, 0.25) is 0 Å². The molecule has 0 aliphatic carbocycles. The van der Waals surface area contributed by atoms with Crippen molar-refractivity contribution in [3.8, 4) is 0 Å². The highest BCUT2D eigenvalue weighted by molar-refractivity contribution is 7.89. The zero-order valence-corrected chi connectivity index (χ0v) is 13.5. The lowest BCUT2D eigenvalue weighted by molar-refractivity contribution is 0.687. The first-order chi connectivity index (χ1) is 9.29. The molecule has 0 heterocycles. The van der Waals surface area contributed by atoms with Crippen LogP contribution in [0.25, 0.3) is 0 Å². The second kappa shape index (κ2) is 14.7. The smallest absolute Gasteiger partial charge is 0.0849 e. The molecule has 2 heteroatoms. The normalized spacial score (nSPS) is 11.7. The molecule has 0 fully saturated rings. The molecule has 0 saturated heterocycles. The quantitative estimate of drug-likeness (QED) is 0.665. The zero-order valence-electron chi connectivity index (χ0n) is 12.7. The van der Waals surface area contributed by atoms with Crippen molar-refractivity contribution in [2.45, 2.75) is 39.5 Å². The number of rotatable bonds is 4. The van der Waals surface area contributed by atoms with E-state index in [0.29, 0.717) is 0 Å². The van der Waals surface area contributed by atoms with Crippen LogP contribution >= 0.6 is 0 Å². The molecule has 0 aliphatic rings. The molecule has 1 rings (SSSR count). The van der Waals surface area contributed by atoms with Gasteiger partial charge in [-0.2, -0.15) is 0 Å². The Bertz CT molecular complexity index is 403. The average Bonchev–Trinajstić information content (AvgIpc) is 2.51. The van der Waals surface area contributed by atoms with E-state index in [9.17, 15) is 4.21 Å². The van der Waals surface area contributed by atoms with Crippen LogP contribution in [0.3, 0.4) is 0 Å². The number of benzene rings is 1. The predicted octanol–water partition coefficient (Wildman–Crippen LogP) is 5.49. The fourth-order valence-corrected chi connectivity index (χ4v) is 2.30. The summed E-state index contributed by atoms with van der Waals surface area (Å²) in [5.41, 5.74) is 0. The van der Waals surface area contributed by atoms with Gasteiger partial charge in [0.15, 0.2) is 0 Å². The maximum atomic E-state index is 12.1. The van der Waals surface area contributed by atoms with Gasteiger partial charge in [-0.1, -0.05) is 64.6 Å². The van der Waals surface area contributed by atoms with E-state index in [1.807, 2.05) is 77.1 Å². The van der Waals surface area contributed by atoms with Crippen molar-refractivity contribution >= 4 is 10.8 Å². The van der Waals surface area contributed by atoms with Crippen LogP contribution in [0.4, 0.5) is 0 Å². The number of hydrogen-bond donors (Lipinski definition) is 0. The van der Waals surface area contributed by atoms with E-state index in [0.717, 1.165) is 9.80 Å². The molecular weight excluding hydrogens is 252 g/mol. The van der Waals surface area contributed by atoms with Crippen LogP contribution in [-0.2, 0) is 10.8 Å². The second-order valence-electron chi connectivity index (χ2n) is 2.89. The van der Waals surface area contributed by atoms with Crippen LogP contribution in [0, 0.1) is 0 Å². The molecule has 0 radical (unpaired) electrons. The molecule has 19 heavy (non-hydrogen) atoms. The monoisotopic (exact) mass is 278 g/mol. The van der Waals surface area contributed by atoms with Crippen molar-refractivity contribution in [3.63, 3.8) is 0 Å². The molecule has 1 aromatic carbocycles. The molecular formula is C17H26OS. The fraction of sp³-hybridized carbons (Fsp3) is 0.294. The van der Waals surface area contributed by atoms with Gasteiger partial charge >= 0.3 is 0 Å². The highest BCUT2D eigenvalue weighted by atomic mass is 32.2. The van der Waals surface area contributed by atoms with E-state index >= 15 is 0 Å². The van der Waals surface area contributed by atoms with E-state index in [1.54, 1.807) is 12.2 Å². The molecule has 1 aromatic rings. The van der Waals surface area contributed by atoms with Gasteiger partial charge in [0.05, 0.1) is 10.8 Å². The Morgan fingerprint density at radius 2 is 1.63 bits per heavy atom. The maximum absolute atomic E-state index is 12.1. The molecule has 0 bridgehead atoms. The first kappa shape index (κ1) is 19.9. The van der Waals surface area contributed by atoms with E-state index < -0.39 is 10.8 Å². The van der Waals surface area contributed by atoms with Crippen molar-refractivity contribution in [3.05, 3.63) is 66.1 Å². The Labute approximate surface area is 121 Å². The molecule has 106 valence electrons. The molecule has 0 N–H and O–H groups in total. The largest absolute Gasteiger partial charge is 0.249 e. The highest BCUT2D eigenvalue weighted by Crippen LogP contribution is 2.15. The van der Waals surface area contributed by atoms with Gasteiger partial charge in [0.25, 0.3) is 0 Å². The maximum Gasteiger partial charge on any atom is 0.0849 e. The van der Waals surface area contributed by atoms with E-state index in [2.05, 4.69) is 6.58 Å². The molecule has 0 amide bonds. The Balaban J connectivity index is 0. The van der Waals surface area contributed by atoms with E-state index in [4.69, 9.17) is 0 Å². The number of allylic oxidation sites excluding steroid dienone is 4. The predicted molar refractivity (Wildman–Crippen MR) is 88.6 cm³/mol. The Kier molecular flexibility index (Phi) is 15.4. The van der Waals surface area contributed by atoms with E-state index in [-0.39, 0.29) is 0 Å². The molecule has 0 aromatic heterocycles. The summed E-state index contributed by atoms with van der Waals surface area (Å²) in [6, 6.07) is 9.39. The lowest BCUT2D eigenvalue weighted by Crippen LogP contribution is -1.93. The highest BCUT2D eigenvalue weighted by Gasteiger charge is 2.05.